The summed E-state index contributed by atoms with van der Waals surface area (Å²) in [5, 5.41) is 4.35. The topological polar surface area (TPSA) is 66.8 Å². The molecule has 0 aliphatic carbocycles. The summed E-state index contributed by atoms with van der Waals surface area (Å²) in [6, 6.07) is 6.56. The molecule has 1 aromatic carbocycles. The Labute approximate surface area is 158 Å². The average molecular weight is 389 g/mol. The number of nitrogens with zero attached hydrogens (tertiary/aromatic N) is 4. The van der Waals surface area contributed by atoms with Gasteiger partial charge in [0, 0.05) is 44.9 Å². The number of aromatic amines is 1. The van der Waals surface area contributed by atoms with Gasteiger partial charge in [-0.1, -0.05) is 12.1 Å². The van der Waals surface area contributed by atoms with Crippen molar-refractivity contribution in [2.24, 2.45) is 7.05 Å². The SMILES string of the molecule is Cn1ccc(CN2CCc3nc(-c4ccc(C(F)(F)F)cc4)[nH]c(=O)c3C2)n1. The Morgan fingerprint density at radius 1 is 1.18 bits per heavy atom. The summed E-state index contributed by atoms with van der Waals surface area (Å²) in [6.45, 7) is 1.83. The molecule has 6 nitrogen and oxygen atoms in total. The lowest BCUT2D eigenvalue weighted by molar-refractivity contribution is -0.137. The first-order chi connectivity index (χ1) is 13.3. The standard InChI is InChI=1S/C19H18F3N5O/c1-26-8-6-14(25-26)10-27-9-7-16-15(11-27)18(28)24-17(23-16)12-2-4-13(5-3-12)19(20,21)22/h2-6,8H,7,9-11H2,1H3,(H,23,24,28). The van der Waals surface area contributed by atoms with Crippen molar-refractivity contribution in [1.29, 1.82) is 0 Å². The smallest absolute Gasteiger partial charge is 0.306 e. The van der Waals surface area contributed by atoms with Gasteiger partial charge in [-0.25, -0.2) is 4.98 Å². The molecule has 0 saturated heterocycles. The minimum atomic E-state index is -4.40. The summed E-state index contributed by atoms with van der Waals surface area (Å²) in [6.07, 6.45) is -1.93. The van der Waals surface area contributed by atoms with Crippen molar-refractivity contribution in [2.75, 3.05) is 6.54 Å². The van der Waals surface area contributed by atoms with Crippen LogP contribution in [0.15, 0.2) is 41.3 Å². The minimum absolute atomic E-state index is 0.259. The molecule has 0 radical (unpaired) electrons. The molecule has 0 spiro atoms. The van der Waals surface area contributed by atoms with Gasteiger partial charge >= 0.3 is 6.18 Å². The Hall–Kier alpha value is -2.94. The molecule has 0 atom stereocenters. The van der Waals surface area contributed by atoms with Crippen molar-refractivity contribution >= 4 is 0 Å². The summed E-state index contributed by atoms with van der Waals surface area (Å²) in [7, 11) is 1.85. The largest absolute Gasteiger partial charge is 0.416 e. The molecule has 1 aliphatic rings. The maximum Gasteiger partial charge on any atom is 0.416 e. The monoisotopic (exact) mass is 389 g/mol. The van der Waals surface area contributed by atoms with Gasteiger partial charge in [0.2, 0.25) is 0 Å². The molecule has 0 bridgehead atoms. The van der Waals surface area contributed by atoms with Crippen LogP contribution in [0, 0.1) is 0 Å². The lowest BCUT2D eigenvalue weighted by Gasteiger charge is -2.27. The van der Waals surface area contributed by atoms with Crippen LogP contribution in [0.2, 0.25) is 0 Å². The predicted octanol–water partition coefficient (Wildman–Crippen LogP) is 2.75. The Morgan fingerprint density at radius 2 is 1.93 bits per heavy atom. The zero-order chi connectivity index (χ0) is 19.9. The van der Waals surface area contributed by atoms with Crippen LogP contribution in [-0.4, -0.2) is 31.2 Å². The molecule has 9 heteroatoms. The van der Waals surface area contributed by atoms with Gasteiger partial charge in [-0.05, 0) is 18.2 Å². The van der Waals surface area contributed by atoms with E-state index in [0.717, 1.165) is 24.4 Å². The molecule has 0 fully saturated rings. The number of alkyl halides is 3. The summed E-state index contributed by atoms with van der Waals surface area (Å²) >= 11 is 0. The summed E-state index contributed by atoms with van der Waals surface area (Å²) in [4.78, 5) is 21.9. The fourth-order valence-electron chi connectivity index (χ4n) is 3.35. The van der Waals surface area contributed by atoms with E-state index in [-0.39, 0.29) is 11.4 Å². The van der Waals surface area contributed by atoms with E-state index < -0.39 is 11.7 Å². The van der Waals surface area contributed by atoms with Gasteiger partial charge in [-0.15, -0.1) is 0 Å². The molecule has 0 unspecified atom stereocenters. The first kappa shape index (κ1) is 18.4. The number of fused-ring (bicyclic) bond motifs is 1. The molecular weight excluding hydrogens is 371 g/mol. The molecule has 1 N–H and O–H groups in total. The van der Waals surface area contributed by atoms with E-state index in [1.54, 1.807) is 4.68 Å². The van der Waals surface area contributed by atoms with E-state index in [2.05, 4.69) is 20.0 Å². The minimum Gasteiger partial charge on any atom is -0.306 e. The maximum absolute atomic E-state index is 12.7. The number of nitrogens with one attached hydrogen (secondary N) is 1. The zero-order valence-electron chi connectivity index (χ0n) is 15.1. The first-order valence-electron chi connectivity index (χ1n) is 8.80. The van der Waals surface area contributed by atoms with Crippen molar-refractivity contribution < 1.29 is 13.2 Å². The zero-order valence-corrected chi connectivity index (χ0v) is 15.1. The van der Waals surface area contributed by atoms with Crippen molar-refractivity contribution in [3.05, 3.63) is 69.4 Å². The van der Waals surface area contributed by atoms with Crippen molar-refractivity contribution in [3.63, 3.8) is 0 Å². The quantitative estimate of drug-likeness (QED) is 0.748. The van der Waals surface area contributed by atoms with Crippen LogP contribution in [0.5, 0.6) is 0 Å². The average Bonchev–Trinajstić information content (AvgIpc) is 3.06. The lowest BCUT2D eigenvalue weighted by atomic mass is 10.1. The Kier molecular flexibility index (Phi) is 4.54. The van der Waals surface area contributed by atoms with Gasteiger partial charge in [-0.3, -0.25) is 14.4 Å². The Morgan fingerprint density at radius 3 is 2.57 bits per heavy atom. The highest BCUT2D eigenvalue weighted by Crippen LogP contribution is 2.30. The maximum atomic E-state index is 12.7. The highest BCUT2D eigenvalue weighted by atomic mass is 19.4. The van der Waals surface area contributed by atoms with Crippen LogP contribution in [0.25, 0.3) is 11.4 Å². The van der Waals surface area contributed by atoms with Gasteiger partial charge < -0.3 is 4.98 Å². The number of aryl methyl sites for hydroxylation is 1. The molecule has 28 heavy (non-hydrogen) atoms. The molecule has 4 rings (SSSR count). The fourth-order valence-corrected chi connectivity index (χ4v) is 3.35. The third-order valence-electron chi connectivity index (χ3n) is 4.79. The lowest BCUT2D eigenvalue weighted by Crippen LogP contribution is -2.35. The Balaban J connectivity index is 1.56. The number of hydrogen-bond acceptors (Lipinski definition) is 4. The third-order valence-corrected chi connectivity index (χ3v) is 4.79. The fraction of sp³-hybridized carbons (Fsp3) is 0.316. The van der Waals surface area contributed by atoms with E-state index >= 15 is 0 Å². The molecule has 0 amide bonds. The Bertz CT molecular complexity index is 1050. The number of rotatable bonds is 3. The van der Waals surface area contributed by atoms with Gasteiger partial charge in [0.15, 0.2) is 0 Å². The van der Waals surface area contributed by atoms with Gasteiger partial charge in [0.25, 0.3) is 5.56 Å². The second kappa shape index (κ2) is 6.90. The van der Waals surface area contributed by atoms with E-state index in [1.807, 2.05) is 19.3 Å². The van der Waals surface area contributed by atoms with Crippen molar-refractivity contribution in [1.82, 2.24) is 24.6 Å². The molecule has 3 aromatic rings. The van der Waals surface area contributed by atoms with Crippen LogP contribution < -0.4 is 5.56 Å². The van der Waals surface area contributed by atoms with Crippen LogP contribution in [0.3, 0.4) is 0 Å². The number of hydrogen-bond donors (Lipinski definition) is 1. The third kappa shape index (κ3) is 3.70. The van der Waals surface area contributed by atoms with Crippen molar-refractivity contribution in [2.45, 2.75) is 25.7 Å². The van der Waals surface area contributed by atoms with E-state index in [0.29, 0.717) is 36.3 Å². The van der Waals surface area contributed by atoms with E-state index in [9.17, 15) is 18.0 Å². The number of H-pyrrole nitrogens is 1. The van der Waals surface area contributed by atoms with Gasteiger partial charge in [0.1, 0.15) is 5.82 Å². The predicted molar refractivity (Wildman–Crippen MR) is 96.3 cm³/mol. The number of halogens is 3. The highest BCUT2D eigenvalue weighted by Gasteiger charge is 2.30. The molecule has 0 saturated carbocycles. The normalized spacial score (nSPS) is 14.9. The van der Waals surface area contributed by atoms with Crippen molar-refractivity contribution in [3.8, 4) is 11.4 Å². The van der Waals surface area contributed by atoms with Crippen LogP contribution >= 0.6 is 0 Å². The highest BCUT2D eigenvalue weighted by molar-refractivity contribution is 5.56. The molecule has 3 heterocycles. The number of benzene rings is 1. The number of aromatic nitrogens is 4. The summed E-state index contributed by atoms with van der Waals surface area (Å²) in [5.74, 6) is 0.288. The van der Waals surface area contributed by atoms with Gasteiger partial charge in [0.05, 0.1) is 22.5 Å². The van der Waals surface area contributed by atoms with Gasteiger partial charge in [-0.2, -0.15) is 18.3 Å². The second-order valence-electron chi connectivity index (χ2n) is 6.86. The van der Waals surface area contributed by atoms with E-state index in [4.69, 9.17) is 0 Å². The van der Waals surface area contributed by atoms with Crippen LogP contribution in [-0.2, 0) is 32.7 Å². The first-order valence-corrected chi connectivity index (χ1v) is 8.80. The van der Waals surface area contributed by atoms with Crippen LogP contribution in [0.1, 0.15) is 22.5 Å². The summed E-state index contributed by atoms with van der Waals surface area (Å²) in [5.41, 5.74) is 1.67. The van der Waals surface area contributed by atoms with E-state index in [1.165, 1.54) is 12.1 Å². The second-order valence-corrected chi connectivity index (χ2v) is 6.86. The summed E-state index contributed by atoms with van der Waals surface area (Å²) < 4.78 is 39.9. The molecular formula is C19H18F3N5O. The molecule has 2 aromatic heterocycles. The molecule has 1 aliphatic heterocycles. The molecule has 146 valence electrons. The van der Waals surface area contributed by atoms with Crippen LogP contribution in [0.4, 0.5) is 13.2 Å².